The number of alkyl halides is 3. The molecule has 0 spiro atoms. The molecule has 1 aromatic rings. The van der Waals surface area contributed by atoms with Crippen molar-refractivity contribution in [3.8, 4) is 0 Å². The first-order chi connectivity index (χ1) is 9.74. The molecule has 9 heteroatoms. The molecule has 1 aromatic heterocycles. The minimum atomic E-state index is -4.53. The topological polar surface area (TPSA) is 67.2 Å². The molecule has 0 amide bonds. The standard InChI is InChI=1S/C12H17ClF3N3O2/c1-8(6-20)3-2-4-17-9-5-18-19(7-12(14,15)16)11(21)10(9)13/h5,8,17,20H,2-4,6-7H2,1H3. The van der Waals surface area contributed by atoms with E-state index < -0.39 is 18.3 Å². The van der Waals surface area contributed by atoms with Crippen LogP contribution in [0.5, 0.6) is 0 Å². The Morgan fingerprint density at radius 1 is 1.52 bits per heavy atom. The van der Waals surface area contributed by atoms with Crippen LogP contribution in [0.25, 0.3) is 0 Å². The highest BCUT2D eigenvalue weighted by molar-refractivity contribution is 6.32. The minimum Gasteiger partial charge on any atom is -0.396 e. The van der Waals surface area contributed by atoms with E-state index in [9.17, 15) is 18.0 Å². The summed E-state index contributed by atoms with van der Waals surface area (Å²) in [6, 6.07) is 0. The third-order valence-corrected chi connectivity index (χ3v) is 3.18. The zero-order valence-corrected chi connectivity index (χ0v) is 12.2. The molecule has 1 unspecified atom stereocenters. The number of hydrogen-bond donors (Lipinski definition) is 2. The highest BCUT2D eigenvalue weighted by Gasteiger charge is 2.29. The number of aromatic nitrogens is 2. The number of rotatable bonds is 7. The summed E-state index contributed by atoms with van der Waals surface area (Å²) in [6.45, 7) is 0.997. The van der Waals surface area contributed by atoms with Gasteiger partial charge in [-0.3, -0.25) is 4.79 Å². The van der Waals surface area contributed by atoms with Crippen LogP contribution in [0.3, 0.4) is 0 Å². The highest BCUT2D eigenvalue weighted by Crippen LogP contribution is 2.19. The molecule has 1 atom stereocenters. The van der Waals surface area contributed by atoms with Gasteiger partial charge in [-0.2, -0.15) is 18.3 Å². The maximum atomic E-state index is 12.2. The van der Waals surface area contributed by atoms with Crippen LogP contribution in [0.1, 0.15) is 19.8 Å². The summed E-state index contributed by atoms with van der Waals surface area (Å²) in [6.07, 6.45) is -1.93. The van der Waals surface area contributed by atoms with Crippen LogP contribution in [0, 0.1) is 5.92 Å². The Morgan fingerprint density at radius 2 is 2.19 bits per heavy atom. The fourth-order valence-corrected chi connectivity index (χ4v) is 1.85. The molecule has 1 heterocycles. The molecule has 0 aliphatic carbocycles. The normalized spacial score (nSPS) is 13.2. The maximum absolute atomic E-state index is 12.2. The van der Waals surface area contributed by atoms with E-state index in [1.807, 2.05) is 6.92 Å². The lowest BCUT2D eigenvalue weighted by molar-refractivity contribution is -0.143. The summed E-state index contributed by atoms with van der Waals surface area (Å²) in [5, 5.41) is 14.9. The van der Waals surface area contributed by atoms with E-state index in [0.29, 0.717) is 6.54 Å². The Bertz CT molecular complexity index is 519. The van der Waals surface area contributed by atoms with E-state index in [4.69, 9.17) is 16.7 Å². The Balaban J connectivity index is 2.65. The van der Waals surface area contributed by atoms with Gasteiger partial charge in [0, 0.05) is 13.2 Å². The van der Waals surface area contributed by atoms with Gasteiger partial charge in [-0.25, -0.2) is 4.68 Å². The lowest BCUT2D eigenvalue weighted by atomic mass is 10.1. The fraction of sp³-hybridized carbons (Fsp3) is 0.667. The molecule has 0 aliphatic heterocycles. The summed E-state index contributed by atoms with van der Waals surface area (Å²) < 4.78 is 37.0. The van der Waals surface area contributed by atoms with Gasteiger partial charge in [-0.15, -0.1) is 0 Å². The molecule has 120 valence electrons. The predicted molar refractivity (Wildman–Crippen MR) is 73.5 cm³/mol. The van der Waals surface area contributed by atoms with E-state index in [-0.39, 0.29) is 27.9 Å². The predicted octanol–water partition coefficient (Wildman–Crippen LogP) is 2.28. The number of aliphatic hydroxyl groups excluding tert-OH is 1. The molecule has 1 rings (SSSR count). The Labute approximate surface area is 124 Å². The first-order valence-electron chi connectivity index (χ1n) is 6.41. The third-order valence-electron chi connectivity index (χ3n) is 2.81. The van der Waals surface area contributed by atoms with Gasteiger partial charge in [0.1, 0.15) is 11.6 Å². The van der Waals surface area contributed by atoms with Crippen LogP contribution in [0.15, 0.2) is 11.0 Å². The minimum absolute atomic E-state index is 0.0931. The zero-order chi connectivity index (χ0) is 16.0. The molecule has 0 aliphatic rings. The van der Waals surface area contributed by atoms with Crippen molar-refractivity contribution in [3.05, 3.63) is 21.6 Å². The van der Waals surface area contributed by atoms with Crippen molar-refractivity contribution in [1.82, 2.24) is 9.78 Å². The Kier molecular flexibility index (Phi) is 6.47. The monoisotopic (exact) mass is 327 g/mol. The van der Waals surface area contributed by atoms with Crippen LogP contribution in [-0.4, -0.2) is 34.2 Å². The first-order valence-corrected chi connectivity index (χ1v) is 6.79. The molecular weight excluding hydrogens is 311 g/mol. The second-order valence-electron chi connectivity index (χ2n) is 4.81. The van der Waals surface area contributed by atoms with Crippen molar-refractivity contribution in [2.75, 3.05) is 18.5 Å². The van der Waals surface area contributed by atoms with E-state index in [1.54, 1.807) is 0 Å². The number of nitrogens with one attached hydrogen (secondary N) is 1. The summed E-state index contributed by atoms with van der Waals surface area (Å²) in [4.78, 5) is 11.6. The molecule has 21 heavy (non-hydrogen) atoms. The van der Waals surface area contributed by atoms with Crippen molar-refractivity contribution >= 4 is 17.3 Å². The van der Waals surface area contributed by atoms with Crippen LogP contribution >= 0.6 is 11.6 Å². The van der Waals surface area contributed by atoms with E-state index in [1.165, 1.54) is 0 Å². The first kappa shape index (κ1) is 17.8. The molecule has 5 nitrogen and oxygen atoms in total. The van der Waals surface area contributed by atoms with Crippen molar-refractivity contribution < 1.29 is 18.3 Å². The van der Waals surface area contributed by atoms with Gasteiger partial charge in [0.25, 0.3) is 5.56 Å². The van der Waals surface area contributed by atoms with Crippen molar-refractivity contribution in [2.24, 2.45) is 5.92 Å². The number of halogens is 4. The molecule has 0 saturated carbocycles. The number of nitrogens with zero attached hydrogens (tertiary/aromatic N) is 2. The fourth-order valence-electron chi connectivity index (χ4n) is 1.64. The van der Waals surface area contributed by atoms with Crippen molar-refractivity contribution in [3.63, 3.8) is 0 Å². The summed E-state index contributed by atoms with van der Waals surface area (Å²) in [7, 11) is 0. The molecule has 0 saturated heterocycles. The summed E-state index contributed by atoms with van der Waals surface area (Å²) >= 11 is 5.75. The Morgan fingerprint density at radius 3 is 2.76 bits per heavy atom. The average molecular weight is 328 g/mol. The quantitative estimate of drug-likeness (QED) is 0.754. The summed E-state index contributed by atoms with van der Waals surface area (Å²) in [5.74, 6) is 0.167. The van der Waals surface area contributed by atoms with Gasteiger partial charge >= 0.3 is 6.18 Å². The van der Waals surface area contributed by atoms with Gasteiger partial charge in [-0.05, 0) is 18.8 Å². The summed E-state index contributed by atoms with van der Waals surface area (Å²) in [5.41, 5.74) is -0.778. The zero-order valence-electron chi connectivity index (χ0n) is 11.5. The van der Waals surface area contributed by atoms with Crippen LogP contribution in [0.2, 0.25) is 5.02 Å². The molecule has 0 bridgehead atoms. The van der Waals surface area contributed by atoms with Crippen molar-refractivity contribution in [1.29, 1.82) is 0 Å². The molecule has 2 N–H and O–H groups in total. The second-order valence-corrected chi connectivity index (χ2v) is 5.18. The van der Waals surface area contributed by atoms with Crippen LogP contribution < -0.4 is 10.9 Å². The smallest absolute Gasteiger partial charge is 0.396 e. The van der Waals surface area contributed by atoms with Crippen LogP contribution in [-0.2, 0) is 6.54 Å². The Hall–Kier alpha value is -1.28. The van der Waals surface area contributed by atoms with Crippen LogP contribution in [0.4, 0.5) is 18.9 Å². The molecular formula is C12H17ClF3N3O2. The van der Waals surface area contributed by atoms with E-state index in [0.717, 1.165) is 19.0 Å². The molecule has 0 radical (unpaired) electrons. The van der Waals surface area contributed by atoms with Gasteiger partial charge < -0.3 is 10.4 Å². The largest absolute Gasteiger partial charge is 0.408 e. The maximum Gasteiger partial charge on any atom is 0.408 e. The van der Waals surface area contributed by atoms with Gasteiger partial charge in [0.2, 0.25) is 0 Å². The highest BCUT2D eigenvalue weighted by atomic mass is 35.5. The SMILES string of the molecule is CC(CO)CCCNc1cnn(CC(F)(F)F)c(=O)c1Cl. The second kappa shape index (κ2) is 7.65. The third kappa shape index (κ3) is 5.92. The number of aliphatic hydroxyl groups is 1. The number of anilines is 1. The van der Waals surface area contributed by atoms with Crippen molar-refractivity contribution in [2.45, 2.75) is 32.5 Å². The molecule has 0 fully saturated rings. The van der Waals surface area contributed by atoms with Gasteiger partial charge in [0.15, 0.2) is 0 Å². The average Bonchev–Trinajstić information content (AvgIpc) is 2.40. The van der Waals surface area contributed by atoms with Gasteiger partial charge in [-0.1, -0.05) is 18.5 Å². The van der Waals surface area contributed by atoms with E-state index in [2.05, 4.69) is 10.4 Å². The number of hydrogen-bond acceptors (Lipinski definition) is 4. The lowest BCUT2D eigenvalue weighted by Crippen LogP contribution is -2.30. The van der Waals surface area contributed by atoms with Gasteiger partial charge in [0.05, 0.1) is 11.9 Å². The lowest BCUT2D eigenvalue weighted by Gasteiger charge is -2.12. The molecule has 0 aromatic carbocycles. The van der Waals surface area contributed by atoms with E-state index >= 15 is 0 Å².